The Morgan fingerprint density at radius 3 is 2.79 bits per heavy atom. The highest BCUT2D eigenvalue weighted by atomic mass is 16.3. The van der Waals surface area contributed by atoms with Crippen molar-refractivity contribution in [1.29, 1.82) is 0 Å². The van der Waals surface area contributed by atoms with Crippen LogP contribution in [-0.4, -0.2) is 60.1 Å². The van der Waals surface area contributed by atoms with Gasteiger partial charge in [-0.2, -0.15) is 0 Å². The third kappa shape index (κ3) is 5.21. The van der Waals surface area contributed by atoms with Gasteiger partial charge in [-0.15, -0.1) is 0 Å². The molecule has 2 aliphatic rings. The molecule has 5 nitrogen and oxygen atoms in total. The van der Waals surface area contributed by atoms with E-state index in [2.05, 4.69) is 15.1 Å². The van der Waals surface area contributed by atoms with Gasteiger partial charge in [0.1, 0.15) is 5.75 Å². The van der Waals surface area contributed by atoms with Crippen molar-refractivity contribution in [2.75, 3.05) is 39.3 Å². The summed E-state index contributed by atoms with van der Waals surface area (Å²) in [6.45, 7) is 6.40. The highest BCUT2D eigenvalue weighted by molar-refractivity contribution is 5.78. The normalized spacial score (nSPS) is 22.6. The Balaban J connectivity index is 1.36. The Kier molecular flexibility index (Phi) is 6.10. The number of likely N-dealkylation sites (tertiary alicyclic amines) is 2. The largest absolute Gasteiger partial charge is 0.508 e. The first-order chi connectivity index (χ1) is 11.7. The summed E-state index contributed by atoms with van der Waals surface area (Å²) in [5.41, 5.74) is 1.14. The first-order valence-corrected chi connectivity index (χ1v) is 9.18. The average molecular weight is 331 g/mol. The van der Waals surface area contributed by atoms with Gasteiger partial charge < -0.3 is 10.4 Å². The fourth-order valence-corrected chi connectivity index (χ4v) is 3.77. The van der Waals surface area contributed by atoms with Gasteiger partial charge >= 0.3 is 0 Å². The number of carbonyl (C=O) groups excluding carboxylic acids is 1. The molecule has 5 heteroatoms. The molecule has 0 saturated carbocycles. The van der Waals surface area contributed by atoms with Gasteiger partial charge in [-0.25, -0.2) is 0 Å². The van der Waals surface area contributed by atoms with Gasteiger partial charge in [0.25, 0.3) is 0 Å². The van der Waals surface area contributed by atoms with Crippen molar-refractivity contribution in [3.63, 3.8) is 0 Å². The summed E-state index contributed by atoms with van der Waals surface area (Å²) in [6, 6.07) is 7.47. The Morgan fingerprint density at radius 2 is 2.00 bits per heavy atom. The number of aromatic hydroxyl groups is 1. The van der Waals surface area contributed by atoms with Gasteiger partial charge in [-0.3, -0.25) is 14.6 Å². The predicted octanol–water partition coefficient (Wildman–Crippen LogP) is 1.82. The van der Waals surface area contributed by atoms with E-state index in [1.807, 2.05) is 18.2 Å². The fraction of sp³-hybridized carbons (Fsp3) is 0.632. The van der Waals surface area contributed by atoms with Crippen LogP contribution in [0.4, 0.5) is 0 Å². The van der Waals surface area contributed by atoms with Crippen LogP contribution in [0.1, 0.15) is 31.2 Å². The number of nitrogens with zero attached hydrogens (tertiary/aromatic N) is 2. The second-order valence-corrected chi connectivity index (χ2v) is 7.20. The van der Waals surface area contributed by atoms with Crippen molar-refractivity contribution in [2.24, 2.45) is 5.92 Å². The Hall–Kier alpha value is -1.59. The molecule has 1 aromatic rings. The van der Waals surface area contributed by atoms with Crippen molar-refractivity contribution in [3.8, 4) is 5.75 Å². The summed E-state index contributed by atoms with van der Waals surface area (Å²) in [5.74, 6) is 1.03. The summed E-state index contributed by atoms with van der Waals surface area (Å²) in [4.78, 5) is 16.7. The number of phenols is 1. The van der Waals surface area contributed by atoms with Gasteiger partial charge in [-0.05, 0) is 62.5 Å². The Bertz CT molecular complexity index is 543. The third-order valence-corrected chi connectivity index (χ3v) is 5.09. The zero-order valence-corrected chi connectivity index (χ0v) is 14.4. The van der Waals surface area contributed by atoms with Crippen molar-refractivity contribution >= 4 is 5.91 Å². The van der Waals surface area contributed by atoms with Crippen LogP contribution in [0.5, 0.6) is 5.75 Å². The van der Waals surface area contributed by atoms with Gasteiger partial charge in [-0.1, -0.05) is 18.6 Å². The van der Waals surface area contributed by atoms with Crippen molar-refractivity contribution in [2.45, 2.75) is 32.2 Å². The van der Waals surface area contributed by atoms with Crippen LogP contribution >= 0.6 is 0 Å². The van der Waals surface area contributed by atoms with Crippen LogP contribution in [0.3, 0.4) is 0 Å². The molecule has 2 fully saturated rings. The molecule has 1 amide bonds. The SMILES string of the molecule is O=C(CN1CCCCC1)NC[C@@H]1CCN(Cc2cccc(O)c2)C1. The lowest BCUT2D eigenvalue weighted by Gasteiger charge is -2.25. The van der Waals surface area contributed by atoms with E-state index in [1.165, 1.54) is 19.3 Å². The molecule has 0 bridgehead atoms. The zero-order chi connectivity index (χ0) is 16.8. The lowest BCUT2D eigenvalue weighted by molar-refractivity contribution is -0.122. The minimum absolute atomic E-state index is 0.170. The molecule has 0 aromatic heterocycles. The molecule has 2 aliphatic heterocycles. The molecule has 2 N–H and O–H groups in total. The first kappa shape index (κ1) is 17.2. The van der Waals surface area contributed by atoms with Crippen molar-refractivity contribution in [3.05, 3.63) is 29.8 Å². The minimum Gasteiger partial charge on any atom is -0.508 e. The van der Waals surface area contributed by atoms with E-state index in [1.54, 1.807) is 6.07 Å². The van der Waals surface area contributed by atoms with Gasteiger partial charge in [0.15, 0.2) is 0 Å². The molecular weight excluding hydrogens is 302 g/mol. The molecular formula is C19H29N3O2. The minimum atomic E-state index is 0.170. The molecule has 1 atom stereocenters. The number of amides is 1. The maximum Gasteiger partial charge on any atom is 0.234 e. The lowest BCUT2D eigenvalue weighted by atomic mass is 10.1. The quantitative estimate of drug-likeness (QED) is 0.835. The summed E-state index contributed by atoms with van der Waals surface area (Å²) in [7, 11) is 0. The number of phenolic OH excluding ortho intramolecular Hbond substituents is 1. The van der Waals surface area contributed by atoms with E-state index >= 15 is 0 Å². The molecule has 132 valence electrons. The molecule has 2 saturated heterocycles. The molecule has 2 heterocycles. The van der Waals surface area contributed by atoms with E-state index in [0.29, 0.717) is 18.2 Å². The predicted molar refractivity (Wildman–Crippen MR) is 94.8 cm³/mol. The summed E-state index contributed by atoms with van der Waals surface area (Å²) >= 11 is 0. The second kappa shape index (κ2) is 8.49. The average Bonchev–Trinajstić information content (AvgIpc) is 3.01. The van der Waals surface area contributed by atoms with Crippen LogP contribution in [0.2, 0.25) is 0 Å². The standard InChI is InChI=1S/C19H29N3O2/c23-18-6-4-5-16(11-18)13-22-10-7-17(14-22)12-20-19(24)15-21-8-2-1-3-9-21/h4-6,11,17,23H,1-3,7-10,12-15H2,(H,20,24)/t17-/m0/s1. The van der Waals surface area contributed by atoms with E-state index in [0.717, 1.165) is 51.3 Å². The fourth-order valence-electron chi connectivity index (χ4n) is 3.77. The maximum absolute atomic E-state index is 12.1. The van der Waals surface area contributed by atoms with Gasteiger partial charge in [0, 0.05) is 19.6 Å². The van der Waals surface area contributed by atoms with E-state index in [9.17, 15) is 9.90 Å². The van der Waals surface area contributed by atoms with Crippen LogP contribution < -0.4 is 5.32 Å². The van der Waals surface area contributed by atoms with E-state index < -0.39 is 0 Å². The molecule has 24 heavy (non-hydrogen) atoms. The van der Waals surface area contributed by atoms with Crippen LogP contribution in [-0.2, 0) is 11.3 Å². The highest BCUT2D eigenvalue weighted by Gasteiger charge is 2.23. The van der Waals surface area contributed by atoms with Crippen LogP contribution in [0.15, 0.2) is 24.3 Å². The second-order valence-electron chi connectivity index (χ2n) is 7.20. The number of rotatable bonds is 6. The topological polar surface area (TPSA) is 55.8 Å². The van der Waals surface area contributed by atoms with Crippen molar-refractivity contribution in [1.82, 2.24) is 15.1 Å². The molecule has 1 aromatic carbocycles. The number of nitrogens with one attached hydrogen (secondary N) is 1. The highest BCUT2D eigenvalue weighted by Crippen LogP contribution is 2.20. The van der Waals surface area contributed by atoms with Crippen LogP contribution in [0, 0.1) is 5.92 Å². The smallest absolute Gasteiger partial charge is 0.234 e. The molecule has 0 aliphatic carbocycles. The number of hydrogen-bond acceptors (Lipinski definition) is 4. The molecule has 0 radical (unpaired) electrons. The summed E-state index contributed by atoms with van der Waals surface area (Å²) < 4.78 is 0. The Labute approximate surface area is 144 Å². The molecule has 0 spiro atoms. The number of benzene rings is 1. The molecule has 3 rings (SSSR count). The van der Waals surface area contributed by atoms with E-state index in [4.69, 9.17) is 0 Å². The maximum atomic E-state index is 12.1. The number of carbonyl (C=O) groups is 1. The van der Waals surface area contributed by atoms with Crippen LogP contribution in [0.25, 0.3) is 0 Å². The van der Waals surface area contributed by atoms with E-state index in [-0.39, 0.29) is 5.91 Å². The zero-order valence-electron chi connectivity index (χ0n) is 14.4. The number of piperidine rings is 1. The summed E-state index contributed by atoms with van der Waals surface area (Å²) in [6.07, 6.45) is 4.87. The number of hydrogen-bond donors (Lipinski definition) is 2. The van der Waals surface area contributed by atoms with Gasteiger partial charge in [0.05, 0.1) is 6.54 Å². The van der Waals surface area contributed by atoms with Gasteiger partial charge in [0.2, 0.25) is 5.91 Å². The molecule has 0 unspecified atom stereocenters. The third-order valence-electron chi connectivity index (χ3n) is 5.09. The Morgan fingerprint density at radius 1 is 1.17 bits per heavy atom. The monoisotopic (exact) mass is 331 g/mol. The van der Waals surface area contributed by atoms with Crippen molar-refractivity contribution < 1.29 is 9.90 Å². The summed E-state index contributed by atoms with van der Waals surface area (Å²) in [5, 5.41) is 12.7. The lowest BCUT2D eigenvalue weighted by Crippen LogP contribution is -2.41. The first-order valence-electron chi connectivity index (χ1n) is 9.18.